The smallest absolute Gasteiger partial charge is 0.122 e. The van der Waals surface area contributed by atoms with Crippen molar-refractivity contribution in [3.8, 4) is 0 Å². The first kappa shape index (κ1) is 11.2. The zero-order valence-corrected chi connectivity index (χ0v) is 11.0. The molecule has 0 aliphatic heterocycles. The molecule has 1 aromatic heterocycles. The van der Waals surface area contributed by atoms with E-state index in [-0.39, 0.29) is 0 Å². The molecule has 0 aliphatic carbocycles. The molecule has 1 heterocycles. The van der Waals surface area contributed by atoms with E-state index in [9.17, 15) is 0 Å². The fourth-order valence-electron chi connectivity index (χ4n) is 1.67. The number of hydrogen-bond acceptors (Lipinski definition) is 2. The first-order valence-corrected chi connectivity index (χ1v) is 5.90. The Hall–Kier alpha value is -1.29. The summed E-state index contributed by atoms with van der Waals surface area (Å²) in [5.74, 6) is 0.707. The summed E-state index contributed by atoms with van der Waals surface area (Å²) in [5, 5.41) is 4.34. The van der Waals surface area contributed by atoms with Crippen molar-refractivity contribution in [2.24, 2.45) is 0 Å². The lowest BCUT2D eigenvalue weighted by atomic mass is 10.1. The van der Waals surface area contributed by atoms with Crippen LogP contribution in [0.4, 0.5) is 5.82 Å². The molecule has 0 spiro atoms. The maximum absolute atomic E-state index is 5.85. The molecule has 0 radical (unpaired) electrons. The van der Waals surface area contributed by atoms with Crippen molar-refractivity contribution in [3.63, 3.8) is 0 Å². The van der Waals surface area contributed by atoms with Crippen molar-refractivity contribution in [1.29, 1.82) is 0 Å². The van der Waals surface area contributed by atoms with Gasteiger partial charge in [0.2, 0.25) is 0 Å². The number of halogens is 1. The van der Waals surface area contributed by atoms with Crippen LogP contribution in [0, 0.1) is 13.8 Å². The summed E-state index contributed by atoms with van der Waals surface area (Å²) in [7, 11) is 0. The lowest BCUT2D eigenvalue weighted by Crippen LogP contribution is -2.06. The van der Waals surface area contributed by atoms with Crippen LogP contribution in [-0.2, 0) is 6.54 Å². The van der Waals surface area contributed by atoms with E-state index in [1.54, 1.807) is 0 Å². The molecule has 0 unspecified atom stereocenters. The Morgan fingerprint density at radius 2 is 2.06 bits per heavy atom. The van der Waals surface area contributed by atoms with Crippen LogP contribution in [0.3, 0.4) is 0 Å². The highest BCUT2D eigenvalue weighted by atomic mass is 79.9. The molecule has 0 atom stereocenters. The molecule has 0 amide bonds. The number of aromatic nitrogens is 2. The van der Waals surface area contributed by atoms with Crippen LogP contribution < -0.4 is 5.73 Å². The molecule has 0 saturated carbocycles. The maximum Gasteiger partial charge on any atom is 0.122 e. The number of nitrogens with two attached hydrogens (primary N) is 1. The molecular weight excluding hydrogens is 266 g/mol. The second-order valence-electron chi connectivity index (χ2n) is 3.95. The zero-order chi connectivity index (χ0) is 11.7. The molecule has 2 N–H and O–H groups in total. The van der Waals surface area contributed by atoms with Gasteiger partial charge in [-0.05, 0) is 31.0 Å². The second kappa shape index (κ2) is 4.29. The van der Waals surface area contributed by atoms with Crippen LogP contribution in [0.1, 0.15) is 16.8 Å². The molecule has 0 fully saturated rings. The Morgan fingerprint density at radius 1 is 1.31 bits per heavy atom. The number of hydrogen-bond donors (Lipinski definition) is 1. The van der Waals surface area contributed by atoms with Crippen LogP contribution in [-0.4, -0.2) is 9.78 Å². The standard InChI is InChI=1S/C12H14BrN3/c1-8-5-10(3-4-11(8)13)7-16-12(14)6-9(2)15-16/h3-6H,7,14H2,1-2H3. The highest BCUT2D eigenvalue weighted by Crippen LogP contribution is 2.18. The molecule has 0 bridgehead atoms. The van der Waals surface area contributed by atoms with E-state index in [1.165, 1.54) is 11.1 Å². The van der Waals surface area contributed by atoms with Gasteiger partial charge in [-0.2, -0.15) is 5.10 Å². The van der Waals surface area contributed by atoms with Gasteiger partial charge >= 0.3 is 0 Å². The Balaban J connectivity index is 2.27. The third kappa shape index (κ3) is 2.27. The Morgan fingerprint density at radius 3 is 2.62 bits per heavy atom. The van der Waals surface area contributed by atoms with Crippen LogP contribution in [0.2, 0.25) is 0 Å². The minimum atomic E-state index is 0.707. The predicted molar refractivity (Wildman–Crippen MR) is 69.4 cm³/mol. The predicted octanol–water partition coefficient (Wildman–Crippen LogP) is 2.89. The molecule has 0 aliphatic rings. The van der Waals surface area contributed by atoms with Gasteiger partial charge in [0.1, 0.15) is 5.82 Å². The number of anilines is 1. The van der Waals surface area contributed by atoms with Gasteiger partial charge in [-0.3, -0.25) is 0 Å². The first-order valence-electron chi connectivity index (χ1n) is 5.11. The van der Waals surface area contributed by atoms with E-state index in [4.69, 9.17) is 5.73 Å². The number of nitrogens with zero attached hydrogens (tertiary/aromatic N) is 2. The van der Waals surface area contributed by atoms with Crippen molar-refractivity contribution in [2.75, 3.05) is 5.73 Å². The number of rotatable bonds is 2. The zero-order valence-electron chi connectivity index (χ0n) is 9.37. The monoisotopic (exact) mass is 279 g/mol. The summed E-state index contributed by atoms with van der Waals surface area (Å²) < 4.78 is 2.94. The van der Waals surface area contributed by atoms with Gasteiger partial charge in [-0.15, -0.1) is 0 Å². The lowest BCUT2D eigenvalue weighted by Gasteiger charge is -2.06. The molecule has 16 heavy (non-hydrogen) atoms. The van der Waals surface area contributed by atoms with Gasteiger partial charge in [0.05, 0.1) is 12.2 Å². The Kier molecular flexibility index (Phi) is 3.01. The molecule has 3 nitrogen and oxygen atoms in total. The SMILES string of the molecule is Cc1cc(N)n(Cc2ccc(Br)c(C)c2)n1. The highest BCUT2D eigenvalue weighted by molar-refractivity contribution is 9.10. The van der Waals surface area contributed by atoms with E-state index in [2.05, 4.69) is 46.2 Å². The van der Waals surface area contributed by atoms with Crippen molar-refractivity contribution < 1.29 is 0 Å². The van der Waals surface area contributed by atoms with Gasteiger partial charge in [-0.1, -0.05) is 28.1 Å². The van der Waals surface area contributed by atoms with Crippen LogP contribution in [0.5, 0.6) is 0 Å². The van der Waals surface area contributed by atoms with Gasteiger partial charge < -0.3 is 5.73 Å². The third-order valence-electron chi connectivity index (χ3n) is 2.49. The second-order valence-corrected chi connectivity index (χ2v) is 4.81. The quantitative estimate of drug-likeness (QED) is 0.919. The van der Waals surface area contributed by atoms with E-state index in [0.29, 0.717) is 12.4 Å². The van der Waals surface area contributed by atoms with Crippen molar-refractivity contribution in [2.45, 2.75) is 20.4 Å². The normalized spacial score (nSPS) is 10.7. The van der Waals surface area contributed by atoms with Crippen molar-refractivity contribution in [3.05, 3.63) is 45.6 Å². The third-order valence-corrected chi connectivity index (χ3v) is 3.38. The Labute approximate surface area is 103 Å². The van der Waals surface area contributed by atoms with E-state index in [1.807, 2.05) is 17.7 Å². The number of benzene rings is 1. The fourth-order valence-corrected chi connectivity index (χ4v) is 1.92. The van der Waals surface area contributed by atoms with Gasteiger partial charge in [-0.25, -0.2) is 4.68 Å². The number of aryl methyl sites for hydroxylation is 2. The van der Waals surface area contributed by atoms with Crippen LogP contribution in [0.25, 0.3) is 0 Å². The maximum atomic E-state index is 5.85. The van der Waals surface area contributed by atoms with Gasteiger partial charge in [0.15, 0.2) is 0 Å². The summed E-state index contributed by atoms with van der Waals surface area (Å²) in [6.07, 6.45) is 0. The molecular formula is C12H14BrN3. The topological polar surface area (TPSA) is 43.8 Å². The van der Waals surface area contributed by atoms with Crippen molar-refractivity contribution >= 4 is 21.7 Å². The summed E-state index contributed by atoms with van der Waals surface area (Å²) in [6, 6.07) is 8.15. The minimum absolute atomic E-state index is 0.707. The number of nitrogen functional groups attached to an aromatic ring is 1. The largest absolute Gasteiger partial charge is 0.384 e. The average Bonchev–Trinajstić information content (AvgIpc) is 2.51. The van der Waals surface area contributed by atoms with Crippen LogP contribution >= 0.6 is 15.9 Å². The Bertz CT molecular complexity index is 517. The fraction of sp³-hybridized carbons (Fsp3) is 0.250. The van der Waals surface area contributed by atoms with E-state index in [0.717, 1.165) is 10.2 Å². The first-order chi connectivity index (χ1) is 7.56. The summed E-state index contributed by atoms with van der Waals surface area (Å²) in [6.45, 7) is 4.73. The van der Waals surface area contributed by atoms with Gasteiger partial charge in [0, 0.05) is 10.5 Å². The average molecular weight is 280 g/mol. The van der Waals surface area contributed by atoms with E-state index >= 15 is 0 Å². The molecule has 4 heteroatoms. The highest BCUT2D eigenvalue weighted by Gasteiger charge is 2.03. The van der Waals surface area contributed by atoms with E-state index < -0.39 is 0 Å². The molecule has 0 saturated heterocycles. The summed E-state index contributed by atoms with van der Waals surface area (Å²) >= 11 is 3.49. The molecule has 2 aromatic rings. The van der Waals surface area contributed by atoms with Crippen LogP contribution in [0.15, 0.2) is 28.7 Å². The molecule has 84 valence electrons. The molecule has 1 aromatic carbocycles. The van der Waals surface area contributed by atoms with Crippen molar-refractivity contribution in [1.82, 2.24) is 9.78 Å². The summed E-state index contributed by atoms with van der Waals surface area (Å²) in [4.78, 5) is 0. The molecule has 2 rings (SSSR count). The lowest BCUT2D eigenvalue weighted by molar-refractivity contribution is 0.689. The summed E-state index contributed by atoms with van der Waals surface area (Å²) in [5.41, 5.74) is 9.23. The minimum Gasteiger partial charge on any atom is -0.384 e. The van der Waals surface area contributed by atoms with Gasteiger partial charge in [0.25, 0.3) is 0 Å².